The Morgan fingerprint density at radius 1 is 0.875 bits per heavy atom. The molecule has 0 unspecified atom stereocenters. The highest BCUT2D eigenvalue weighted by Gasteiger charge is 2.20. The van der Waals surface area contributed by atoms with Gasteiger partial charge in [-0.3, -0.25) is 0 Å². The molecule has 2 aliphatic heterocycles. The molecule has 4 heterocycles. The summed E-state index contributed by atoms with van der Waals surface area (Å²) in [4.78, 5) is 21.8. The number of aromatic nitrogens is 4. The molecule has 2 aliphatic rings. The average molecular weight is 428 g/mol. The first-order valence-electron chi connectivity index (χ1n) is 11.1. The van der Waals surface area contributed by atoms with Crippen molar-refractivity contribution in [3.63, 3.8) is 0 Å². The van der Waals surface area contributed by atoms with E-state index < -0.39 is 0 Å². The SMILES string of the molecule is c1ccc2c(c1)CCN(c1nc(Nc3ccc(N4CCOCC4)cc3)c3[nH]cnc3n1)C2. The minimum absolute atomic E-state index is 0.668. The van der Waals surface area contributed by atoms with Crippen LogP contribution >= 0.6 is 0 Å². The van der Waals surface area contributed by atoms with Gasteiger partial charge in [0.05, 0.1) is 19.5 Å². The van der Waals surface area contributed by atoms with Gasteiger partial charge in [0.1, 0.15) is 5.52 Å². The maximum absolute atomic E-state index is 5.46. The second-order valence-corrected chi connectivity index (χ2v) is 8.18. The second-order valence-electron chi connectivity index (χ2n) is 8.18. The minimum Gasteiger partial charge on any atom is -0.378 e. The first-order chi connectivity index (χ1) is 15.8. The van der Waals surface area contributed by atoms with E-state index in [9.17, 15) is 0 Å². The number of aromatic amines is 1. The Bertz CT molecular complexity index is 1230. The lowest BCUT2D eigenvalue weighted by molar-refractivity contribution is 0.122. The molecule has 0 saturated carbocycles. The topological polar surface area (TPSA) is 82.2 Å². The fraction of sp³-hybridized carbons (Fsp3) is 0.292. The smallest absolute Gasteiger partial charge is 0.229 e. The number of H-pyrrole nitrogens is 1. The molecule has 2 aromatic heterocycles. The molecular weight excluding hydrogens is 402 g/mol. The van der Waals surface area contributed by atoms with Crippen LogP contribution in [0.2, 0.25) is 0 Å². The molecule has 0 aliphatic carbocycles. The Hall–Kier alpha value is -3.65. The lowest BCUT2D eigenvalue weighted by Crippen LogP contribution is -2.36. The summed E-state index contributed by atoms with van der Waals surface area (Å²) in [6.07, 6.45) is 2.66. The quantitative estimate of drug-likeness (QED) is 0.516. The summed E-state index contributed by atoms with van der Waals surface area (Å²) in [6, 6.07) is 17.0. The molecule has 32 heavy (non-hydrogen) atoms. The number of benzene rings is 2. The Labute approximate surface area is 186 Å². The van der Waals surface area contributed by atoms with Crippen LogP contribution in [0, 0.1) is 0 Å². The van der Waals surface area contributed by atoms with Gasteiger partial charge in [0.25, 0.3) is 0 Å². The molecule has 8 nitrogen and oxygen atoms in total. The highest BCUT2D eigenvalue weighted by atomic mass is 16.5. The zero-order valence-corrected chi connectivity index (χ0v) is 17.8. The maximum atomic E-state index is 5.46. The van der Waals surface area contributed by atoms with Gasteiger partial charge in [0.2, 0.25) is 5.95 Å². The van der Waals surface area contributed by atoms with Crippen molar-refractivity contribution in [3.05, 3.63) is 66.0 Å². The van der Waals surface area contributed by atoms with Crippen LogP contribution in [-0.4, -0.2) is 52.8 Å². The molecule has 4 aromatic rings. The van der Waals surface area contributed by atoms with Crippen molar-refractivity contribution in [1.29, 1.82) is 0 Å². The third-order valence-electron chi connectivity index (χ3n) is 6.19. The van der Waals surface area contributed by atoms with Crippen LogP contribution in [0.15, 0.2) is 54.9 Å². The van der Waals surface area contributed by atoms with Crippen LogP contribution in [0.1, 0.15) is 11.1 Å². The first kappa shape index (κ1) is 19.1. The molecular formula is C24H25N7O. The predicted molar refractivity (Wildman–Crippen MR) is 126 cm³/mol. The van der Waals surface area contributed by atoms with Crippen molar-refractivity contribution in [1.82, 2.24) is 19.9 Å². The number of hydrogen-bond donors (Lipinski definition) is 2. The number of imidazole rings is 1. The van der Waals surface area contributed by atoms with E-state index in [0.29, 0.717) is 11.6 Å². The van der Waals surface area contributed by atoms with E-state index in [4.69, 9.17) is 14.7 Å². The van der Waals surface area contributed by atoms with E-state index in [1.165, 1.54) is 16.8 Å². The number of nitrogens with zero attached hydrogens (tertiary/aromatic N) is 5. The fourth-order valence-electron chi connectivity index (χ4n) is 4.43. The van der Waals surface area contributed by atoms with Crippen LogP contribution < -0.4 is 15.1 Å². The minimum atomic E-state index is 0.668. The van der Waals surface area contributed by atoms with Gasteiger partial charge >= 0.3 is 0 Å². The van der Waals surface area contributed by atoms with Crippen LogP contribution in [0.25, 0.3) is 11.2 Å². The zero-order valence-electron chi connectivity index (χ0n) is 17.8. The van der Waals surface area contributed by atoms with Crippen LogP contribution in [0.4, 0.5) is 23.1 Å². The number of nitrogens with one attached hydrogen (secondary N) is 2. The summed E-state index contributed by atoms with van der Waals surface area (Å²) >= 11 is 0. The third-order valence-corrected chi connectivity index (χ3v) is 6.19. The van der Waals surface area contributed by atoms with Crippen molar-refractivity contribution in [2.24, 2.45) is 0 Å². The van der Waals surface area contributed by atoms with Crippen molar-refractivity contribution < 1.29 is 4.74 Å². The summed E-state index contributed by atoms with van der Waals surface area (Å²) < 4.78 is 5.46. The van der Waals surface area contributed by atoms with E-state index in [0.717, 1.165) is 62.8 Å². The zero-order chi connectivity index (χ0) is 21.3. The molecule has 8 heteroatoms. The lowest BCUT2D eigenvalue weighted by Gasteiger charge is -2.29. The molecule has 2 aromatic carbocycles. The van der Waals surface area contributed by atoms with E-state index in [1.807, 2.05) is 0 Å². The van der Waals surface area contributed by atoms with Gasteiger partial charge in [-0.05, 0) is 41.8 Å². The first-order valence-corrected chi connectivity index (χ1v) is 11.1. The number of hydrogen-bond acceptors (Lipinski definition) is 7. The molecule has 0 amide bonds. The van der Waals surface area contributed by atoms with Crippen LogP contribution in [-0.2, 0) is 17.7 Å². The number of fused-ring (bicyclic) bond motifs is 2. The Morgan fingerprint density at radius 3 is 2.53 bits per heavy atom. The molecule has 0 bridgehead atoms. The molecule has 2 N–H and O–H groups in total. The molecule has 1 saturated heterocycles. The highest BCUT2D eigenvalue weighted by molar-refractivity contribution is 5.86. The number of ether oxygens (including phenoxy) is 1. The van der Waals surface area contributed by atoms with Gasteiger partial charge in [-0.2, -0.15) is 9.97 Å². The maximum Gasteiger partial charge on any atom is 0.229 e. The summed E-state index contributed by atoms with van der Waals surface area (Å²) in [7, 11) is 0. The lowest BCUT2D eigenvalue weighted by atomic mass is 10.0. The van der Waals surface area contributed by atoms with Gasteiger partial charge in [0, 0.05) is 37.6 Å². The Morgan fingerprint density at radius 2 is 1.69 bits per heavy atom. The average Bonchev–Trinajstić information content (AvgIpc) is 3.34. The highest BCUT2D eigenvalue weighted by Crippen LogP contribution is 2.28. The number of anilines is 4. The summed E-state index contributed by atoms with van der Waals surface area (Å²) in [6.45, 7) is 5.11. The Balaban J connectivity index is 1.27. The molecule has 0 spiro atoms. The second kappa shape index (κ2) is 8.12. The van der Waals surface area contributed by atoms with E-state index in [1.54, 1.807) is 6.33 Å². The third kappa shape index (κ3) is 3.62. The van der Waals surface area contributed by atoms with Gasteiger partial charge in [-0.25, -0.2) is 4.98 Å². The van der Waals surface area contributed by atoms with Crippen molar-refractivity contribution >= 4 is 34.3 Å². The van der Waals surface area contributed by atoms with Crippen molar-refractivity contribution in [2.45, 2.75) is 13.0 Å². The molecule has 0 radical (unpaired) electrons. The molecule has 0 atom stereocenters. The van der Waals surface area contributed by atoms with E-state index in [2.05, 4.69) is 73.6 Å². The van der Waals surface area contributed by atoms with Crippen molar-refractivity contribution in [3.8, 4) is 0 Å². The van der Waals surface area contributed by atoms with Gasteiger partial charge in [-0.15, -0.1) is 0 Å². The van der Waals surface area contributed by atoms with E-state index >= 15 is 0 Å². The van der Waals surface area contributed by atoms with Crippen LogP contribution in [0.3, 0.4) is 0 Å². The summed E-state index contributed by atoms with van der Waals surface area (Å²) in [5.74, 6) is 1.44. The number of morpholine rings is 1. The molecule has 1 fully saturated rings. The van der Waals surface area contributed by atoms with Gasteiger partial charge in [-0.1, -0.05) is 24.3 Å². The fourth-order valence-corrected chi connectivity index (χ4v) is 4.43. The van der Waals surface area contributed by atoms with Crippen molar-refractivity contribution in [2.75, 3.05) is 48.0 Å². The predicted octanol–water partition coefficient (Wildman–Crippen LogP) is 3.50. The molecule has 162 valence electrons. The monoisotopic (exact) mass is 427 g/mol. The summed E-state index contributed by atoms with van der Waals surface area (Å²) in [5, 5.41) is 3.47. The normalized spacial score (nSPS) is 16.2. The van der Waals surface area contributed by atoms with Gasteiger partial charge < -0.3 is 24.8 Å². The van der Waals surface area contributed by atoms with Crippen LogP contribution in [0.5, 0.6) is 0 Å². The largest absolute Gasteiger partial charge is 0.378 e. The molecule has 6 rings (SSSR count). The summed E-state index contributed by atoms with van der Waals surface area (Å²) in [5.41, 5.74) is 6.40. The van der Waals surface area contributed by atoms with Gasteiger partial charge in [0.15, 0.2) is 11.5 Å². The van der Waals surface area contributed by atoms with E-state index in [-0.39, 0.29) is 0 Å². The standard InChI is InChI=1S/C24H25N7O/c1-2-4-18-15-31(10-9-17(18)3-1)24-28-22-21(25-16-26-22)23(29-24)27-19-5-7-20(8-6-19)30-11-13-32-14-12-30/h1-8,16H,9-15H2,(H2,25,26,27,28,29). The Kier molecular flexibility index (Phi) is 4.84. The number of rotatable bonds is 4.